The van der Waals surface area contributed by atoms with Gasteiger partial charge in [0, 0.05) is 18.1 Å². The third-order valence-electron chi connectivity index (χ3n) is 5.08. The fourth-order valence-corrected chi connectivity index (χ4v) is 3.90. The summed E-state index contributed by atoms with van der Waals surface area (Å²) in [6, 6.07) is 0.714. The Bertz CT molecular complexity index is 289. The molecule has 2 saturated heterocycles. The molecule has 0 aliphatic carbocycles. The molecule has 0 amide bonds. The van der Waals surface area contributed by atoms with Gasteiger partial charge in [-0.1, -0.05) is 20.8 Å². The van der Waals surface area contributed by atoms with E-state index in [1.807, 2.05) is 0 Å². The van der Waals surface area contributed by atoms with Gasteiger partial charge in [0.15, 0.2) is 0 Å². The van der Waals surface area contributed by atoms with Crippen molar-refractivity contribution < 1.29 is 0 Å². The number of hydrogen-bond acceptors (Lipinski definition) is 2. The minimum absolute atomic E-state index is 0.297. The van der Waals surface area contributed by atoms with Gasteiger partial charge in [-0.15, -0.1) is 0 Å². The lowest BCUT2D eigenvalue weighted by atomic mass is 9.67. The maximum atomic E-state index is 3.59. The second-order valence-corrected chi connectivity index (χ2v) is 8.63. The van der Waals surface area contributed by atoms with Crippen LogP contribution in [0.3, 0.4) is 0 Å². The number of nitrogens with zero attached hydrogens (tertiary/aromatic N) is 1. The SMILES string of the molecule is CC(C)(C)C1CC2(CCNC2)CCN1C(C)(C)C. The van der Waals surface area contributed by atoms with Crippen molar-refractivity contribution in [1.82, 2.24) is 10.2 Å². The number of rotatable bonds is 0. The van der Waals surface area contributed by atoms with Gasteiger partial charge in [0.2, 0.25) is 0 Å². The zero-order chi connectivity index (χ0) is 13.6. The van der Waals surface area contributed by atoms with Gasteiger partial charge in [-0.3, -0.25) is 4.90 Å². The fourth-order valence-electron chi connectivity index (χ4n) is 3.90. The average molecular weight is 252 g/mol. The predicted octanol–water partition coefficient (Wildman–Crippen LogP) is 3.28. The van der Waals surface area contributed by atoms with Crippen LogP contribution in [0.15, 0.2) is 0 Å². The van der Waals surface area contributed by atoms with Gasteiger partial charge in [0.1, 0.15) is 0 Å². The number of nitrogens with one attached hydrogen (secondary N) is 1. The summed E-state index contributed by atoms with van der Waals surface area (Å²) in [7, 11) is 0. The minimum Gasteiger partial charge on any atom is -0.316 e. The molecule has 1 spiro atoms. The molecule has 2 aliphatic heterocycles. The molecule has 0 saturated carbocycles. The topological polar surface area (TPSA) is 15.3 Å². The molecular weight excluding hydrogens is 220 g/mol. The van der Waals surface area contributed by atoms with Gasteiger partial charge in [-0.2, -0.15) is 0 Å². The van der Waals surface area contributed by atoms with Crippen molar-refractivity contribution in [3.63, 3.8) is 0 Å². The van der Waals surface area contributed by atoms with Crippen molar-refractivity contribution in [2.75, 3.05) is 19.6 Å². The Morgan fingerprint density at radius 3 is 2.17 bits per heavy atom. The smallest absolute Gasteiger partial charge is 0.0155 e. The summed E-state index contributed by atoms with van der Waals surface area (Å²) < 4.78 is 0. The number of likely N-dealkylation sites (tertiary alicyclic amines) is 1. The maximum absolute atomic E-state index is 3.59. The first-order chi connectivity index (χ1) is 8.14. The highest BCUT2D eigenvalue weighted by Gasteiger charge is 2.47. The highest BCUT2D eigenvalue weighted by atomic mass is 15.2. The lowest BCUT2D eigenvalue weighted by Gasteiger charge is -2.54. The van der Waals surface area contributed by atoms with E-state index in [0.29, 0.717) is 22.4 Å². The summed E-state index contributed by atoms with van der Waals surface area (Å²) in [5, 5.41) is 3.59. The lowest BCUT2D eigenvalue weighted by molar-refractivity contribution is -0.0473. The Morgan fingerprint density at radius 1 is 1.06 bits per heavy atom. The molecule has 2 atom stereocenters. The zero-order valence-corrected chi connectivity index (χ0v) is 13.3. The van der Waals surface area contributed by atoms with Gasteiger partial charge in [0.05, 0.1) is 0 Å². The number of hydrogen-bond donors (Lipinski definition) is 1. The first kappa shape index (κ1) is 14.3. The molecule has 106 valence electrons. The molecule has 2 aliphatic rings. The highest BCUT2D eigenvalue weighted by Crippen LogP contribution is 2.46. The molecule has 2 heteroatoms. The van der Waals surface area contributed by atoms with E-state index in [2.05, 4.69) is 51.8 Å². The van der Waals surface area contributed by atoms with E-state index in [0.717, 1.165) is 0 Å². The number of piperidine rings is 1. The van der Waals surface area contributed by atoms with Gasteiger partial charge < -0.3 is 5.32 Å². The summed E-state index contributed by atoms with van der Waals surface area (Å²) in [6.07, 6.45) is 4.14. The molecular formula is C16H32N2. The Balaban J connectivity index is 2.21. The van der Waals surface area contributed by atoms with Crippen molar-refractivity contribution in [2.24, 2.45) is 10.8 Å². The van der Waals surface area contributed by atoms with Crippen molar-refractivity contribution in [3.05, 3.63) is 0 Å². The standard InChI is InChI=1S/C16H32N2/c1-14(2,3)13-11-16(7-9-17-12-16)8-10-18(13)15(4,5)6/h13,17H,7-12H2,1-6H3. The Labute approximate surface area is 114 Å². The van der Waals surface area contributed by atoms with Crippen LogP contribution in [0.2, 0.25) is 0 Å². The maximum Gasteiger partial charge on any atom is 0.0155 e. The van der Waals surface area contributed by atoms with E-state index in [4.69, 9.17) is 0 Å². The monoisotopic (exact) mass is 252 g/mol. The van der Waals surface area contributed by atoms with Crippen LogP contribution in [0.5, 0.6) is 0 Å². The quantitative estimate of drug-likeness (QED) is 0.712. The Morgan fingerprint density at radius 2 is 1.72 bits per heavy atom. The van der Waals surface area contributed by atoms with E-state index < -0.39 is 0 Å². The molecule has 0 radical (unpaired) electrons. The third kappa shape index (κ3) is 2.75. The molecule has 1 N–H and O–H groups in total. The van der Waals surface area contributed by atoms with Crippen LogP contribution >= 0.6 is 0 Å². The largest absolute Gasteiger partial charge is 0.316 e. The second-order valence-electron chi connectivity index (χ2n) is 8.63. The zero-order valence-electron chi connectivity index (χ0n) is 13.3. The normalized spacial score (nSPS) is 35.3. The van der Waals surface area contributed by atoms with Crippen molar-refractivity contribution in [3.8, 4) is 0 Å². The van der Waals surface area contributed by atoms with Crippen molar-refractivity contribution >= 4 is 0 Å². The van der Waals surface area contributed by atoms with Gasteiger partial charge in [-0.05, 0) is 64.0 Å². The minimum atomic E-state index is 0.297. The van der Waals surface area contributed by atoms with E-state index in [9.17, 15) is 0 Å². The predicted molar refractivity (Wildman–Crippen MR) is 78.9 cm³/mol. The molecule has 2 fully saturated rings. The summed E-state index contributed by atoms with van der Waals surface area (Å²) in [4.78, 5) is 2.76. The van der Waals surface area contributed by atoms with E-state index in [1.54, 1.807) is 0 Å². The summed E-state index contributed by atoms with van der Waals surface area (Å²) in [6.45, 7) is 18.1. The molecule has 0 aromatic rings. The van der Waals surface area contributed by atoms with Crippen molar-refractivity contribution in [1.29, 1.82) is 0 Å². The molecule has 2 nitrogen and oxygen atoms in total. The molecule has 0 bridgehead atoms. The molecule has 2 heterocycles. The Hall–Kier alpha value is -0.0800. The van der Waals surface area contributed by atoms with Gasteiger partial charge in [0.25, 0.3) is 0 Å². The van der Waals surface area contributed by atoms with E-state index in [1.165, 1.54) is 38.9 Å². The van der Waals surface area contributed by atoms with Crippen LogP contribution in [0, 0.1) is 10.8 Å². The summed E-state index contributed by atoms with van der Waals surface area (Å²) in [5.41, 5.74) is 1.27. The summed E-state index contributed by atoms with van der Waals surface area (Å²) in [5.74, 6) is 0. The van der Waals surface area contributed by atoms with Gasteiger partial charge in [-0.25, -0.2) is 0 Å². The average Bonchev–Trinajstić information content (AvgIpc) is 2.63. The second kappa shape index (κ2) is 4.49. The lowest BCUT2D eigenvalue weighted by Crippen LogP contribution is -2.59. The highest BCUT2D eigenvalue weighted by molar-refractivity contribution is 5.02. The first-order valence-corrected chi connectivity index (χ1v) is 7.62. The Kier molecular flexibility index (Phi) is 3.57. The third-order valence-corrected chi connectivity index (χ3v) is 5.08. The van der Waals surface area contributed by atoms with Crippen LogP contribution < -0.4 is 5.32 Å². The van der Waals surface area contributed by atoms with E-state index in [-0.39, 0.29) is 0 Å². The van der Waals surface area contributed by atoms with E-state index >= 15 is 0 Å². The molecule has 0 aromatic carbocycles. The van der Waals surface area contributed by atoms with Crippen LogP contribution in [0.4, 0.5) is 0 Å². The van der Waals surface area contributed by atoms with Crippen molar-refractivity contribution in [2.45, 2.75) is 72.4 Å². The molecule has 2 unspecified atom stereocenters. The molecule has 2 rings (SSSR count). The fraction of sp³-hybridized carbons (Fsp3) is 1.00. The van der Waals surface area contributed by atoms with Crippen LogP contribution in [0.1, 0.15) is 60.8 Å². The molecule has 0 aromatic heterocycles. The van der Waals surface area contributed by atoms with Crippen LogP contribution in [0.25, 0.3) is 0 Å². The van der Waals surface area contributed by atoms with Crippen LogP contribution in [-0.4, -0.2) is 36.1 Å². The first-order valence-electron chi connectivity index (χ1n) is 7.62. The summed E-state index contributed by atoms with van der Waals surface area (Å²) >= 11 is 0. The van der Waals surface area contributed by atoms with Crippen LogP contribution in [-0.2, 0) is 0 Å². The molecule has 18 heavy (non-hydrogen) atoms. The van der Waals surface area contributed by atoms with Gasteiger partial charge >= 0.3 is 0 Å².